The second kappa shape index (κ2) is 5.21. The van der Waals surface area contributed by atoms with Gasteiger partial charge in [-0.1, -0.05) is 30.3 Å². The molecule has 0 amide bonds. The number of aromatic nitrogens is 3. The second-order valence-corrected chi connectivity index (χ2v) is 5.20. The lowest BCUT2D eigenvalue weighted by molar-refractivity contribution is 0.629. The summed E-state index contributed by atoms with van der Waals surface area (Å²) in [6, 6.07) is 13.8. The molecule has 23 heavy (non-hydrogen) atoms. The third-order valence-corrected chi connectivity index (χ3v) is 3.77. The van der Waals surface area contributed by atoms with E-state index in [2.05, 4.69) is 15.0 Å². The summed E-state index contributed by atoms with van der Waals surface area (Å²) in [6.45, 7) is 0. The van der Waals surface area contributed by atoms with Gasteiger partial charge in [-0.15, -0.1) is 0 Å². The summed E-state index contributed by atoms with van der Waals surface area (Å²) >= 11 is 0. The van der Waals surface area contributed by atoms with Crippen LogP contribution in [-0.2, 0) is 0 Å². The number of pyridine rings is 1. The van der Waals surface area contributed by atoms with Crippen molar-refractivity contribution in [3.8, 4) is 22.5 Å². The van der Waals surface area contributed by atoms with E-state index in [0.29, 0.717) is 27.9 Å². The fraction of sp³-hybridized carbons (Fsp3) is 0. The number of H-pyrrole nitrogens is 2. The van der Waals surface area contributed by atoms with Gasteiger partial charge in [0, 0.05) is 28.9 Å². The first-order chi connectivity index (χ1) is 11.2. The molecular formula is C18H12FN3O. The topological polar surface area (TPSA) is 61.5 Å². The van der Waals surface area contributed by atoms with E-state index < -0.39 is 0 Å². The Morgan fingerprint density at radius 1 is 1.00 bits per heavy atom. The van der Waals surface area contributed by atoms with Crippen LogP contribution < -0.4 is 5.56 Å². The molecule has 2 aromatic carbocycles. The summed E-state index contributed by atoms with van der Waals surface area (Å²) in [5, 5.41) is 0.641. The van der Waals surface area contributed by atoms with Gasteiger partial charge in [0.25, 0.3) is 5.56 Å². The molecule has 4 aromatic rings. The SMILES string of the molecule is O=c1[nH]c2ccc(F)cc2c(-c2ccccc2)c1-c1ncc[nH]1. The summed E-state index contributed by atoms with van der Waals surface area (Å²) in [5.74, 6) is 0.100. The van der Waals surface area contributed by atoms with Gasteiger partial charge < -0.3 is 9.97 Å². The predicted molar refractivity (Wildman–Crippen MR) is 87.5 cm³/mol. The number of hydrogen-bond acceptors (Lipinski definition) is 2. The van der Waals surface area contributed by atoms with E-state index in [-0.39, 0.29) is 11.4 Å². The fourth-order valence-electron chi connectivity index (χ4n) is 2.80. The molecule has 0 aliphatic carbocycles. The van der Waals surface area contributed by atoms with Crippen LogP contribution in [0.1, 0.15) is 0 Å². The van der Waals surface area contributed by atoms with Gasteiger partial charge in [0.05, 0.1) is 5.56 Å². The maximum atomic E-state index is 13.8. The number of fused-ring (bicyclic) bond motifs is 1. The average Bonchev–Trinajstić information content (AvgIpc) is 3.09. The molecule has 0 aliphatic heterocycles. The Labute approximate surface area is 130 Å². The minimum atomic E-state index is -0.355. The highest BCUT2D eigenvalue weighted by Gasteiger charge is 2.18. The number of nitrogens with one attached hydrogen (secondary N) is 2. The normalized spacial score (nSPS) is 11.0. The molecule has 2 aromatic heterocycles. The zero-order valence-corrected chi connectivity index (χ0v) is 12.0. The number of benzene rings is 2. The Morgan fingerprint density at radius 3 is 2.57 bits per heavy atom. The minimum absolute atomic E-state index is 0.266. The van der Waals surface area contributed by atoms with Crippen molar-refractivity contribution < 1.29 is 4.39 Å². The fourth-order valence-corrected chi connectivity index (χ4v) is 2.80. The van der Waals surface area contributed by atoms with Crippen molar-refractivity contribution in [2.75, 3.05) is 0 Å². The van der Waals surface area contributed by atoms with Crippen LogP contribution in [0.4, 0.5) is 4.39 Å². The molecule has 5 heteroatoms. The number of rotatable bonds is 2. The molecule has 112 valence electrons. The van der Waals surface area contributed by atoms with Crippen LogP contribution in [0, 0.1) is 5.82 Å². The molecule has 0 unspecified atom stereocenters. The predicted octanol–water partition coefficient (Wildman–Crippen LogP) is 3.72. The standard InChI is InChI=1S/C18H12FN3O/c19-12-6-7-14-13(10-12)15(11-4-2-1-3-5-11)16(18(23)22-14)17-20-8-9-21-17/h1-10H,(H,20,21)(H,22,23). The van der Waals surface area contributed by atoms with Gasteiger partial charge >= 0.3 is 0 Å². The molecule has 2 N–H and O–H groups in total. The Hall–Kier alpha value is -3.21. The van der Waals surface area contributed by atoms with E-state index in [1.807, 2.05) is 30.3 Å². The number of halogens is 1. The van der Waals surface area contributed by atoms with Crippen LogP contribution >= 0.6 is 0 Å². The highest BCUT2D eigenvalue weighted by molar-refractivity contribution is 6.01. The molecule has 0 atom stereocenters. The molecule has 0 fully saturated rings. The smallest absolute Gasteiger partial charge is 0.260 e. The quantitative estimate of drug-likeness (QED) is 0.593. The number of hydrogen-bond donors (Lipinski definition) is 2. The zero-order chi connectivity index (χ0) is 15.8. The maximum absolute atomic E-state index is 13.8. The molecule has 4 rings (SSSR count). The summed E-state index contributed by atoms with van der Waals surface area (Å²) in [7, 11) is 0. The van der Waals surface area contributed by atoms with Crippen LogP contribution in [0.3, 0.4) is 0 Å². The van der Waals surface area contributed by atoms with Gasteiger partial charge in [-0.25, -0.2) is 9.37 Å². The highest BCUT2D eigenvalue weighted by Crippen LogP contribution is 2.33. The molecule has 2 heterocycles. The van der Waals surface area contributed by atoms with E-state index >= 15 is 0 Å². The Morgan fingerprint density at radius 2 is 1.83 bits per heavy atom. The van der Waals surface area contributed by atoms with E-state index in [9.17, 15) is 9.18 Å². The van der Waals surface area contributed by atoms with Gasteiger partial charge in [-0.05, 0) is 23.8 Å². The van der Waals surface area contributed by atoms with Gasteiger partial charge in [0.2, 0.25) is 0 Å². The Kier molecular flexibility index (Phi) is 3.05. The molecule has 0 bridgehead atoms. The van der Waals surface area contributed by atoms with Crippen molar-refractivity contribution in [2.24, 2.45) is 0 Å². The first kappa shape index (κ1) is 13.5. The molecule has 0 saturated heterocycles. The maximum Gasteiger partial charge on any atom is 0.260 e. The van der Waals surface area contributed by atoms with E-state index in [1.54, 1.807) is 18.5 Å². The van der Waals surface area contributed by atoms with Gasteiger partial charge in [-0.3, -0.25) is 4.79 Å². The number of aromatic amines is 2. The van der Waals surface area contributed by atoms with Gasteiger partial charge in [0.15, 0.2) is 0 Å². The molecular weight excluding hydrogens is 293 g/mol. The second-order valence-electron chi connectivity index (χ2n) is 5.20. The van der Waals surface area contributed by atoms with E-state index in [4.69, 9.17) is 0 Å². The third-order valence-electron chi connectivity index (χ3n) is 3.77. The van der Waals surface area contributed by atoms with Crippen LogP contribution in [0.25, 0.3) is 33.4 Å². The number of nitrogens with zero attached hydrogens (tertiary/aromatic N) is 1. The highest BCUT2D eigenvalue weighted by atomic mass is 19.1. The van der Waals surface area contributed by atoms with Crippen LogP contribution in [0.15, 0.2) is 65.7 Å². The first-order valence-corrected chi connectivity index (χ1v) is 7.15. The third kappa shape index (κ3) is 2.23. The van der Waals surface area contributed by atoms with E-state index in [1.165, 1.54) is 12.1 Å². The number of imidazole rings is 1. The van der Waals surface area contributed by atoms with Crippen molar-refractivity contribution in [3.63, 3.8) is 0 Å². The Balaban J connectivity index is 2.20. The summed E-state index contributed by atoms with van der Waals surface area (Å²) in [5.41, 5.74) is 2.22. The van der Waals surface area contributed by atoms with Crippen molar-refractivity contribution in [1.29, 1.82) is 0 Å². The average molecular weight is 305 g/mol. The summed E-state index contributed by atoms with van der Waals surface area (Å²) in [4.78, 5) is 22.6. The lowest BCUT2D eigenvalue weighted by Gasteiger charge is -2.11. The first-order valence-electron chi connectivity index (χ1n) is 7.15. The summed E-state index contributed by atoms with van der Waals surface area (Å²) < 4.78 is 13.8. The minimum Gasteiger partial charge on any atom is -0.344 e. The van der Waals surface area contributed by atoms with Crippen molar-refractivity contribution >= 4 is 10.9 Å². The molecule has 4 nitrogen and oxygen atoms in total. The van der Waals surface area contributed by atoms with Crippen LogP contribution in [0.5, 0.6) is 0 Å². The van der Waals surface area contributed by atoms with Crippen molar-refractivity contribution in [1.82, 2.24) is 15.0 Å². The van der Waals surface area contributed by atoms with Crippen molar-refractivity contribution in [2.45, 2.75) is 0 Å². The zero-order valence-electron chi connectivity index (χ0n) is 12.0. The largest absolute Gasteiger partial charge is 0.344 e. The van der Waals surface area contributed by atoms with Crippen LogP contribution in [0.2, 0.25) is 0 Å². The van der Waals surface area contributed by atoms with Crippen LogP contribution in [-0.4, -0.2) is 15.0 Å². The molecule has 0 aliphatic rings. The van der Waals surface area contributed by atoms with Gasteiger partial charge in [0.1, 0.15) is 11.6 Å². The molecule has 0 spiro atoms. The lowest BCUT2D eigenvalue weighted by Crippen LogP contribution is -2.12. The lowest BCUT2D eigenvalue weighted by atomic mass is 9.96. The Bertz CT molecular complexity index is 1040. The van der Waals surface area contributed by atoms with Crippen molar-refractivity contribution in [3.05, 3.63) is 77.1 Å². The summed E-state index contributed by atoms with van der Waals surface area (Å²) in [6.07, 6.45) is 3.23. The van der Waals surface area contributed by atoms with E-state index in [0.717, 1.165) is 5.56 Å². The molecule has 0 radical (unpaired) electrons. The molecule has 0 saturated carbocycles. The van der Waals surface area contributed by atoms with Gasteiger partial charge in [-0.2, -0.15) is 0 Å². The monoisotopic (exact) mass is 305 g/mol.